The highest BCUT2D eigenvalue weighted by molar-refractivity contribution is 7.13. The molecule has 0 atom stereocenters. The van der Waals surface area contributed by atoms with Crippen molar-refractivity contribution in [3.05, 3.63) is 46.2 Å². The van der Waals surface area contributed by atoms with Crippen molar-refractivity contribution in [2.75, 3.05) is 13.7 Å². The smallest absolute Gasteiger partial charge is 0.277 e. The topological polar surface area (TPSA) is 59.9 Å². The lowest BCUT2D eigenvalue weighted by molar-refractivity contribution is -0.123. The number of nitrogens with one attached hydrogen (secondary N) is 1. The molecule has 1 heterocycles. The Bertz CT molecular complexity index is 620. The summed E-state index contributed by atoms with van der Waals surface area (Å²) in [7, 11) is 1.59. The van der Waals surface area contributed by atoms with E-state index in [9.17, 15) is 4.79 Å². The molecule has 0 aliphatic heterocycles. The molecule has 5 nitrogen and oxygen atoms in total. The molecule has 21 heavy (non-hydrogen) atoms. The second-order valence-corrected chi connectivity index (χ2v) is 5.53. The summed E-state index contributed by atoms with van der Waals surface area (Å²) in [5.74, 6) is 1.03. The zero-order valence-corrected chi connectivity index (χ0v) is 12.6. The highest BCUT2D eigenvalue weighted by Gasteiger charge is 2.01. The zero-order chi connectivity index (χ0) is 15.1. The predicted octanol–water partition coefficient (Wildman–Crippen LogP) is 2.59. The molecule has 6 heteroatoms. The molecular weight excluding hydrogens is 288 g/mol. The number of hydrogen-bond acceptors (Lipinski definition) is 5. The normalized spacial score (nSPS) is 10.6. The Morgan fingerprint density at radius 3 is 2.57 bits per heavy atom. The molecule has 1 N–H and O–H groups in total. The molecular formula is C15H16N2O3S. The van der Waals surface area contributed by atoms with E-state index in [0.717, 1.165) is 10.6 Å². The average molecular weight is 304 g/mol. The number of benzene rings is 1. The highest BCUT2D eigenvalue weighted by Crippen LogP contribution is 2.16. The Kier molecular flexibility index (Phi) is 5.34. The first-order chi connectivity index (χ1) is 10.2. The van der Waals surface area contributed by atoms with Crippen LogP contribution in [0.2, 0.25) is 0 Å². The second-order valence-electron chi connectivity index (χ2n) is 4.21. The van der Waals surface area contributed by atoms with Gasteiger partial charge in [0.05, 0.1) is 13.3 Å². The molecule has 110 valence electrons. The molecule has 0 bridgehead atoms. The van der Waals surface area contributed by atoms with E-state index < -0.39 is 0 Å². The van der Waals surface area contributed by atoms with E-state index in [4.69, 9.17) is 9.47 Å². The van der Waals surface area contributed by atoms with Crippen molar-refractivity contribution >= 4 is 23.5 Å². The molecule has 1 aromatic carbocycles. The van der Waals surface area contributed by atoms with Crippen molar-refractivity contribution in [3.8, 4) is 11.5 Å². The third kappa shape index (κ3) is 4.92. The first kappa shape index (κ1) is 15.1. The molecule has 2 rings (SSSR count). The van der Waals surface area contributed by atoms with Crippen LogP contribution in [-0.2, 0) is 4.79 Å². The van der Waals surface area contributed by atoms with E-state index in [0.29, 0.717) is 5.75 Å². The molecule has 0 saturated carbocycles. The minimum atomic E-state index is -0.310. The predicted molar refractivity (Wildman–Crippen MR) is 83.3 cm³/mol. The van der Waals surface area contributed by atoms with Gasteiger partial charge in [-0.1, -0.05) is 0 Å². The number of hydrazone groups is 1. The van der Waals surface area contributed by atoms with E-state index in [2.05, 4.69) is 10.5 Å². The summed E-state index contributed by atoms with van der Waals surface area (Å²) in [6.07, 6.45) is 1.61. The molecule has 1 aromatic heterocycles. The fourth-order valence-corrected chi connectivity index (χ4v) is 2.29. The summed E-state index contributed by atoms with van der Waals surface area (Å²) in [6.45, 7) is 1.93. The lowest BCUT2D eigenvalue weighted by Crippen LogP contribution is -2.24. The number of carbonyl (C=O) groups is 1. The number of ether oxygens (including phenoxy) is 2. The number of amides is 1. The first-order valence-electron chi connectivity index (χ1n) is 6.32. The molecule has 0 fully saturated rings. The van der Waals surface area contributed by atoms with Crippen LogP contribution in [0.15, 0.2) is 41.5 Å². The minimum absolute atomic E-state index is 0.0901. The van der Waals surface area contributed by atoms with Crippen molar-refractivity contribution in [2.24, 2.45) is 5.10 Å². The SMILES string of the molecule is COc1ccc(OCC(=O)NN=Cc2ccc(C)s2)cc1. The van der Waals surface area contributed by atoms with Crippen LogP contribution in [0.1, 0.15) is 9.75 Å². The van der Waals surface area contributed by atoms with Gasteiger partial charge in [0.1, 0.15) is 11.5 Å². The molecule has 0 spiro atoms. The Morgan fingerprint density at radius 2 is 1.95 bits per heavy atom. The number of carbonyl (C=O) groups excluding carboxylic acids is 1. The summed E-state index contributed by atoms with van der Waals surface area (Å²) in [5, 5.41) is 3.88. The molecule has 0 aliphatic rings. The Balaban J connectivity index is 1.75. The van der Waals surface area contributed by atoms with Gasteiger partial charge in [-0.05, 0) is 43.3 Å². The van der Waals surface area contributed by atoms with Gasteiger partial charge >= 0.3 is 0 Å². The first-order valence-corrected chi connectivity index (χ1v) is 7.14. The monoisotopic (exact) mass is 304 g/mol. The van der Waals surface area contributed by atoms with Crippen LogP contribution in [0, 0.1) is 6.92 Å². The van der Waals surface area contributed by atoms with Gasteiger partial charge in [0.2, 0.25) is 0 Å². The van der Waals surface area contributed by atoms with Gasteiger partial charge in [0.15, 0.2) is 6.61 Å². The van der Waals surface area contributed by atoms with Crippen LogP contribution in [0.3, 0.4) is 0 Å². The van der Waals surface area contributed by atoms with Crippen molar-refractivity contribution in [1.82, 2.24) is 5.43 Å². The van der Waals surface area contributed by atoms with E-state index in [1.807, 2.05) is 19.1 Å². The average Bonchev–Trinajstić information content (AvgIpc) is 2.91. The molecule has 0 unspecified atom stereocenters. The largest absolute Gasteiger partial charge is 0.497 e. The third-order valence-electron chi connectivity index (χ3n) is 2.57. The number of methoxy groups -OCH3 is 1. The minimum Gasteiger partial charge on any atom is -0.497 e. The van der Waals surface area contributed by atoms with Gasteiger partial charge in [-0.2, -0.15) is 5.10 Å². The fourth-order valence-electron chi connectivity index (χ4n) is 1.54. The number of hydrogen-bond donors (Lipinski definition) is 1. The van der Waals surface area contributed by atoms with Gasteiger partial charge in [-0.15, -0.1) is 11.3 Å². The standard InChI is InChI=1S/C15H16N2O3S/c1-11-3-8-14(21-11)9-16-17-15(18)10-20-13-6-4-12(19-2)5-7-13/h3-9H,10H2,1-2H3,(H,17,18). The maximum absolute atomic E-state index is 11.6. The Labute approximate surface area is 127 Å². The van der Waals surface area contributed by atoms with Crippen LogP contribution in [0.25, 0.3) is 0 Å². The van der Waals surface area contributed by atoms with Crippen LogP contribution in [0.5, 0.6) is 11.5 Å². The summed E-state index contributed by atoms with van der Waals surface area (Å²) in [6, 6.07) is 11.0. The zero-order valence-electron chi connectivity index (χ0n) is 11.8. The number of aryl methyl sites for hydroxylation is 1. The summed E-state index contributed by atoms with van der Waals surface area (Å²) < 4.78 is 10.4. The maximum atomic E-state index is 11.6. The highest BCUT2D eigenvalue weighted by atomic mass is 32.1. The van der Waals surface area contributed by atoms with Crippen molar-refractivity contribution in [1.29, 1.82) is 0 Å². The van der Waals surface area contributed by atoms with Gasteiger partial charge in [-0.3, -0.25) is 4.79 Å². The van der Waals surface area contributed by atoms with Crippen molar-refractivity contribution < 1.29 is 14.3 Å². The molecule has 1 amide bonds. The second kappa shape index (κ2) is 7.44. The van der Waals surface area contributed by atoms with E-state index in [-0.39, 0.29) is 12.5 Å². The summed E-state index contributed by atoms with van der Waals surface area (Å²) in [4.78, 5) is 13.8. The molecule has 0 saturated heterocycles. The van der Waals surface area contributed by atoms with Crippen LogP contribution in [0.4, 0.5) is 0 Å². The third-order valence-corrected chi connectivity index (χ3v) is 3.51. The van der Waals surface area contributed by atoms with E-state index in [1.54, 1.807) is 48.9 Å². The van der Waals surface area contributed by atoms with Crippen LogP contribution >= 0.6 is 11.3 Å². The quantitative estimate of drug-likeness (QED) is 0.659. The van der Waals surface area contributed by atoms with Crippen LogP contribution < -0.4 is 14.9 Å². The summed E-state index contributed by atoms with van der Waals surface area (Å²) in [5.41, 5.74) is 2.42. The summed E-state index contributed by atoms with van der Waals surface area (Å²) >= 11 is 1.61. The molecule has 0 aliphatic carbocycles. The number of nitrogens with zero attached hydrogens (tertiary/aromatic N) is 1. The Morgan fingerprint density at radius 1 is 1.24 bits per heavy atom. The lowest BCUT2D eigenvalue weighted by Gasteiger charge is -2.05. The van der Waals surface area contributed by atoms with Gasteiger partial charge in [-0.25, -0.2) is 5.43 Å². The van der Waals surface area contributed by atoms with Crippen molar-refractivity contribution in [3.63, 3.8) is 0 Å². The Hall–Kier alpha value is -2.34. The fraction of sp³-hybridized carbons (Fsp3) is 0.200. The molecule has 0 radical (unpaired) electrons. The number of rotatable bonds is 6. The van der Waals surface area contributed by atoms with Crippen molar-refractivity contribution in [2.45, 2.75) is 6.92 Å². The lowest BCUT2D eigenvalue weighted by atomic mass is 10.3. The van der Waals surface area contributed by atoms with Crippen LogP contribution in [-0.4, -0.2) is 25.8 Å². The van der Waals surface area contributed by atoms with E-state index in [1.165, 1.54) is 4.88 Å². The van der Waals surface area contributed by atoms with Gasteiger partial charge < -0.3 is 9.47 Å². The number of thiophene rings is 1. The molecule has 2 aromatic rings. The van der Waals surface area contributed by atoms with Gasteiger partial charge in [0, 0.05) is 9.75 Å². The van der Waals surface area contributed by atoms with Gasteiger partial charge in [0.25, 0.3) is 5.91 Å². The maximum Gasteiger partial charge on any atom is 0.277 e. The van der Waals surface area contributed by atoms with E-state index >= 15 is 0 Å².